The van der Waals surface area contributed by atoms with E-state index in [-0.39, 0.29) is 37.1 Å². The van der Waals surface area contributed by atoms with Gasteiger partial charge in [-0.1, -0.05) is 30.3 Å². The summed E-state index contributed by atoms with van der Waals surface area (Å²) < 4.78 is 4.95. The Kier molecular flexibility index (Phi) is 5.73. The summed E-state index contributed by atoms with van der Waals surface area (Å²) in [5.41, 5.74) is 0.831. The summed E-state index contributed by atoms with van der Waals surface area (Å²) >= 11 is 0. The third-order valence-corrected chi connectivity index (χ3v) is 3.10. The summed E-state index contributed by atoms with van der Waals surface area (Å²) in [7, 11) is 0. The molecule has 116 valence electrons. The van der Waals surface area contributed by atoms with Crippen molar-refractivity contribution in [3.05, 3.63) is 60.1 Å². The molecule has 6 nitrogen and oxygen atoms in total. The minimum atomic E-state index is -0.450. The topological polar surface area (TPSA) is 91.6 Å². The number of carbonyl (C=O) groups excluding carboxylic acids is 2. The number of hydrogen-bond acceptors (Lipinski definition) is 4. The van der Waals surface area contributed by atoms with Gasteiger partial charge in [-0.3, -0.25) is 9.59 Å². The van der Waals surface area contributed by atoms with E-state index in [1.165, 1.54) is 6.26 Å². The van der Waals surface area contributed by atoms with E-state index in [2.05, 4.69) is 10.6 Å². The Morgan fingerprint density at radius 1 is 1.14 bits per heavy atom. The molecule has 0 aliphatic carbocycles. The number of aliphatic hydroxyl groups excluding tert-OH is 1. The van der Waals surface area contributed by atoms with Gasteiger partial charge in [0.2, 0.25) is 5.91 Å². The minimum absolute atomic E-state index is 0.121. The van der Waals surface area contributed by atoms with Crippen LogP contribution < -0.4 is 10.6 Å². The lowest BCUT2D eigenvalue weighted by atomic mass is 10.1. The van der Waals surface area contributed by atoms with E-state index >= 15 is 0 Å². The van der Waals surface area contributed by atoms with Crippen molar-refractivity contribution in [1.82, 2.24) is 10.6 Å². The molecule has 0 aliphatic rings. The molecule has 0 spiro atoms. The summed E-state index contributed by atoms with van der Waals surface area (Å²) in [6.07, 6.45) is 1.53. The molecule has 0 saturated heterocycles. The highest BCUT2D eigenvalue weighted by Crippen LogP contribution is 2.11. The number of furan rings is 1. The fourth-order valence-electron chi connectivity index (χ4n) is 1.97. The third-order valence-electron chi connectivity index (χ3n) is 3.10. The molecule has 2 aromatic rings. The largest absolute Gasteiger partial charge is 0.459 e. The van der Waals surface area contributed by atoms with E-state index in [4.69, 9.17) is 4.42 Å². The van der Waals surface area contributed by atoms with Crippen LogP contribution in [-0.4, -0.2) is 30.1 Å². The first kappa shape index (κ1) is 15.8. The van der Waals surface area contributed by atoms with Gasteiger partial charge in [0.05, 0.1) is 18.9 Å². The minimum Gasteiger partial charge on any atom is -0.459 e. The zero-order valence-corrected chi connectivity index (χ0v) is 12.0. The number of aliphatic hydroxyl groups is 1. The molecular weight excluding hydrogens is 284 g/mol. The highest BCUT2D eigenvalue weighted by atomic mass is 16.3. The van der Waals surface area contributed by atoms with Crippen LogP contribution >= 0.6 is 0 Å². The Morgan fingerprint density at radius 2 is 1.91 bits per heavy atom. The molecule has 0 fully saturated rings. The average molecular weight is 302 g/mol. The average Bonchev–Trinajstić information content (AvgIpc) is 3.08. The predicted octanol–water partition coefficient (Wildman–Crippen LogP) is 1.25. The molecule has 22 heavy (non-hydrogen) atoms. The van der Waals surface area contributed by atoms with E-state index in [1.807, 2.05) is 30.3 Å². The van der Waals surface area contributed by atoms with E-state index in [0.29, 0.717) is 0 Å². The summed E-state index contributed by atoms with van der Waals surface area (Å²) in [6.45, 7) is 0.00676. The number of hydrogen-bond donors (Lipinski definition) is 3. The highest BCUT2D eigenvalue weighted by molar-refractivity contribution is 5.91. The second-order valence-corrected chi connectivity index (χ2v) is 4.70. The van der Waals surface area contributed by atoms with Crippen molar-refractivity contribution in [2.24, 2.45) is 0 Å². The lowest BCUT2D eigenvalue weighted by molar-refractivity contribution is -0.122. The molecule has 6 heteroatoms. The van der Waals surface area contributed by atoms with Crippen molar-refractivity contribution in [1.29, 1.82) is 0 Å². The van der Waals surface area contributed by atoms with E-state index in [0.717, 1.165) is 5.56 Å². The Labute approximate surface area is 128 Å². The van der Waals surface area contributed by atoms with Crippen LogP contribution in [0.1, 0.15) is 28.6 Å². The summed E-state index contributed by atoms with van der Waals surface area (Å²) in [5.74, 6) is -0.403. The lowest BCUT2D eigenvalue weighted by Crippen LogP contribution is -2.34. The first-order chi connectivity index (χ1) is 10.7. The van der Waals surface area contributed by atoms with Crippen LogP contribution in [0.15, 0.2) is 53.1 Å². The van der Waals surface area contributed by atoms with E-state index < -0.39 is 6.04 Å². The van der Waals surface area contributed by atoms with Crippen molar-refractivity contribution in [3.8, 4) is 0 Å². The standard InChI is InChI=1S/C16H18N2O4/c19-11-13(12-5-2-1-3-6-12)18-15(20)8-9-17-16(21)14-7-4-10-22-14/h1-7,10,13,19H,8-9,11H2,(H,17,21)(H,18,20)/t13-/m0/s1. The maximum atomic E-state index is 11.9. The zero-order valence-electron chi connectivity index (χ0n) is 12.0. The van der Waals surface area contributed by atoms with Crippen LogP contribution in [0, 0.1) is 0 Å². The number of rotatable bonds is 7. The van der Waals surface area contributed by atoms with Gasteiger partial charge < -0.3 is 20.2 Å². The van der Waals surface area contributed by atoms with Crippen molar-refractivity contribution >= 4 is 11.8 Å². The Balaban J connectivity index is 1.76. The molecule has 2 rings (SSSR count). The molecule has 3 N–H and O–H groups in total. The molecule has 1 heterocycles. The van der Waals surface area contributed by atoms with Crippen molar-refractivity contribution in [2.45, 2.75) is 12.5 Å². The molecular formula is C16H18N2O4. The van der Waals surface area contributed by atoms with Gasteiger partial charge in [-0.05, 0) is 17.7 Å². The molecule has 1 aromatic heterocycles. The van der Waals surface area contributed by atoms with Crippen LogP contribution in [0.2, 0.25) is 0 Å². The smallest absolute Gasteiger partial charge is 0.286 e. The lowest BCUT2D eigenvalue weighted by Gasteiger charge is -2.16. The maximum absolute atomic E-state index is 11.9. The van der Waals surface area contributed by atoms with Crippen molar-refractivity contribution < 1.29 is 19.1 Å². The van der Waals surface area contributed by atoms with Gasteiger partial charge in [-0.25, -0.2) is 0 Å². The van der Waals surface area contributed by atoms with Gasteiger partial charge in [0.25, 0.3) is 5.91 Å². The molecule has 0 unspecified atom stereocenters. The molecule has 1 atom stereocenters. The van der Waals surface area contributed by atoms with Crippen molar-refractivity contribution in [2.75, 3.05) is 13.2 Å². The Bertz CT molecular complexity index is 596. The molecule has 1 aromatic carbocycles. The maximum Gasteiger partial charge on any atom is 0.286 e. The van der Waals surface area contributed by atoms with Gasteiger partial charge in [0.1, 0.15) is 0 Å². The summed E-state index contributed by atoms with van der Waals surface area (Å²) in [6, 6.07) is 11.9. The third kappa shape index (κ3) is 4.46. The van der Waals surface area contributed by atoms with Crippen LogP contribution in [-0.2, 0) is 4.79 Å². The first-order valence-corrected chi connectivity index (χ1v) is 6.97. The second-order valence-electron chi connectivity index (χ2n) is 4.70. The van der Waals surface area contributed by atoms with Crippen LogP contribution in [0.25, 0.3) is 0 Å². The fraction of sp³-hybridized carbons (Fsp3) is 0.250. The fourth-order valence-corrected chi connectivity index (χ4v) is 1.97. The molecule has 0 saturated carbocycles. The van der Waals surface area contributed by atoms with Gasteiger partial charge in [-0.2, -0.15) is 0 Å². The Hall–Kier alpha value is -2.60. The zero-order chi connectivity index (χ0) is 15.8. The number of nitrogens with one attached hydrogen (secondary N) is 2. The van der Waals surface area contributed by atoms with Gasteiger partial charge in [0.15, 0.2) is 5.76 Å². The summed E-state index contributed by atoms with van der Waals surface area (Å²) in [4.78, 5) is 23.5. The SMILES string of the molecule is O=C(CCNC(=O)c1ccco1)N[C@@H](CO)c1ccccc1. The number of carbonyl (C=O) groups is 2. The van der Waals surface area contributed by atoms with Gasteiger partial charge in [-0.15, -0.1) is 0 Å². The van der Waals surface area contributed by atoms with Gasteiger partial charge in [0, 0.05) is 13.0 Å². The molecule has 0 bridgehead atoms. The molecule has 2 amide bonds. The quantitative estimate of drug-likeness (QED) is 0.718. The summed E-state index contributed by atoms with van der Waals surface area (Å²) in [5, 5.41) is 14.7. The predicted molar refractivity (Wildman–Crippen MR) is 80.1 cm³/mol. The van der Waals surface area contributed by atoms with Crippen LogP contribution in [0.3, 0.4) is 0 Å². The van der Waals surface area contributed by atoms with Crippen molar-refractivity contribution in [3.63, 3.8) is 0 Å². The monoisotopic (exact) mass is 302 g/mol. The van der Waals surface area contributed by atoms with Crippen LogP contribution in [0.4, 0.5) is 0 Å². The first-order valence-electron chi connectivity index (χ1n) is 6.97. The normalized spacial score (nSPS) is 11.7. The Morgan fingerprint density at radius 3 is 2.55 bits per heavy atom. The number of benzene rings is 1. The van der Waals surface area contributed by atoms with E-state index in [9.17, 15) is 14.7 Å². The molecule has 0 radical (unpaired) electrons. The molecule has 0 aliphatic heterocycles. The highest BCUT2D eigenvalue weighted by Gasteiger charge is 2.14. The van der Waals surface area contributed by atoms with Gasteiger partial charge >= 0.3 is 0 Å². The van der Waals surface area contributed by atoms with Crippen LogP contribution in [0.5, 0.6) is 0 Å². The second kappa shape index (κ2) is 7.99. The number of amides is 2. The van der Waals surface area contributed by atoms with E-state index in [1.54, 1.807) is 12.1 Å².